The summed E-state index contributed by atoms with van der Waals surface area (Å²) in [6.45, 7) is 0. The molecule has 5 heteroatoms. The lowest BCUT2D eigenvalue weighted by Gasteiger charge is -1.91. The summed E-state index contributed by atoms with van der Waals surface area (Å²) in [5.41, 5.74) is -0.648. The molecule has 2 N–H and O–H groups in total. The molecular formula is C11H6N2O3. The minimum atomic E-state index is -0.739. The molecular weight excluding hydrogens is 208 g/mol. The Kier molecular flexibility index (Phi) is 2.18. The minimum absolute atomic E-state index is 0.191. The van der Waals surface area contributed by atoms with Crippen LogP contribution in [0.4, 0.5) is 0 Å². The molecule has 16 heavy (non-hydrogen) atoms. The lowest BCUT2D eigenvalue weighted by Crippen LogP contribution is -2.00. The number of nitriles is 1. The molecule has 0 spiro atoms. The maximum Gasteiger partial charge on any atom is 0.290 e. The van der Waals surface area contributed by atoms with Crippen molar-refractivity contribution in [2.24, 2.45) is 0 Å². The molecule has 0 fully saturated rings. The van der Waals surface area contributed by atoms with Crippen LogP contribution in [0, 0.1) is 11.3 Å². The van der Waals surface area contributed by atoms with Gasteiger partial charge in [0.1, 0.15) is 0 Å². The Morgan fingerprint density at radius 2 is 2.00 bits per heavy atom. The maximum absolute atomic E-state index is 11.6. The van der Waals surface area contributed by atoms with E-state index in [1.165, 1.54) is 18.2 Å². The van der Waals surface area contributed by atoms with Crippen LogP contribution in [0.5, 0.6) is 5.75 Å². The van der Waals surface area contributed by atoms with Crippen LogP contribution in [-0.2, 0) is 0 Å². The molecule has 0 amide bonds. The van der Waals surface area contributed by atoms with Gasteiger partial charge < -0.3 is 10.1 Å². The number of nitrogens with one attached hydrogen (secondary N) is 1. The van der Waals surface area contributed by atoms with Gasteiger partial charge in [-0.2, -0.15) is 5.26 Å². The average molecular weight is 214 g/mol. The quantitative estimate of drug-likeness (QED) is 0.666. The highest BCUT2D eigenvalue weighted by Crippen LogP contribution is 2.08. The molecule has 0 aliphatic carbocycles. The first-order chi connectivity index (χ1) is 7.61. The second-order valence-electron chi connectivity index (χ2n) is 3.22. The fourth-order valence-corrected chi connectivity index (χ4v) is 1.38. The van der Waals surface area contributed by atoms with Gasteiger partial charge in [0.25, 0.3) is 5.56 Å². The third kappa shape index (κ3) is 1.53. The van der Waals surface area contributed by atoms with E-state index in [9.17, 15) is 14.7 Å². The van der Waals surface area contributed by atoms with Crippen molar-refractivity contribution >= 4 is 10.9 Å². The van der Waals surface area contributed by atoms with E-state index in [2.05, 4.69) is 4.98 Å². The zero-order valence-corrected chi connectivity index (χ0v) is 8.02. The lowest BCUT2D eigenvalue weighted by molar-refractivity contribution is 0.468. The predicted octanol–water partition coefficient (Wildman–Crippen LogP) is 0.466. The van der Waals surface area contributed by atoms with E-state index in [0.717, 1.165) is 6.07 Å². The molecule has 1 heterocycles. The molecule has 78 valence electrons. The normalized spacial score (nSPS) is 9.94. The van der Waals surface area contributed by atoms with Crippen LogP contribution < -0.4 is 11.0 Å². The summed E-state index contributed by atoms with van der Waals surface area (Å²) in [5.74, 6) is -0.639. The second-order valence-corrected chi connectivity index (χ2v) is 3.22. The van der Waals surface area contributed by atoms with Gasteiger partial charge in [-0.1, -0.05) is 0 Å². The van der Waals surface area contributed by atoms with Crippen LogP contribution in [-0.4, -0.2) is 10.1 Å². The molecule has 0 aliphatic rings. The van der Waals surface area contributed by atoms with Crippen LogP contribution >= 0.6 is 0 Å². The Balaban J connectivity index is 3.06. The number of nitrogens with zero attached hydrogens (tertiary/aromatic N) is 1. The molecule has 5 nitrogen and oxygen atoms in total. The number of hydrogen-bond donors (Lipinski definition) is 2. The van der Waals surface area contributed by atoms with E-state index in [1.54, 1.807) is 0 Å². The summed E-state index contributed by atoms with van der Waals surface area (Å²) in [4.78, 5) is 25.2. The average Bonchev–Trinajstić information content (AvgIpc) is 2.38. The number of aromatic hydroxyl groups is 1. The zero-order valence-electron chi connectivity index (χ0n) is 8.02. The minimum Gasteiger partial charge on any atom is -0.503 e. The Bertz CT molecular complexity index is 726. The molecule has 2 rings (SSSR count). The molecule has 0 saturated carbocycles. The smallest absolute Gasteiger partial charge is 0.290 e. The van der Waals surface area contributed by atoms with Gasteiger partial charge in [0.2, 0.25) is 0 Å². The molecule has 1 aromatic carbocycles. The van der Waals surface area contributed by atoms with E-state index in [-0.39, 0.29) is 10.9 Å². The standard InChI is InChI=1S/C11H6N2O3/c12-5-6-1-2-8-7(3-6)9(14)4-10(15)11(16)13-8/h1-4,15H,(H,13,16). The van der Waals surface area contributed by atoms with Crippen molar-refractivity contribution in [1.29, 1.82) is 5.26 Å². The molecule has 0 bridgehead atoms. The maximum atomic E-state index is 11.6. The first-order valence-corrected chi connectivity index (χ1v) is 4.42. The number of hydrogen-bond acceptors (Lipinski definition) is 4. The van der Waals surface area contributed by atoms with Crippen molar-refractivity contribution in [3.05, 3.63) is 50.4 Å². The van der Waals surface area contributed by atoms with Gasteiger partial charge >= 0.3 is 0 Å². The Morgan fingerprint density at radius 3 is 2.69 bits per heavy atom. The van der Waals surface area contributed by atoms with Crippen molar-refractivity contribution in [3.8, 4) is 11.8 Å². The van der Waals surface area contributed by atoms with Crippen LogP contribution in [0.1, 0.15) is 5.56 Å². The molecule has 0 atom stereocenters. The summed E-state index contributed by atoms with van der Waals surface area (Å²) in [5, 5.41) is 18.1. The Morgan fingerprint density at radius 1 is 1.25 bits per heavy atom. The fourth-order valence-electron chi connectivity index (χ4n) is 1.38. The highest BCUT2D eigenvalue weighted by Gasteiger charge is 2.03. The van der Waals surface area contributed by atoms with Crippen molar-refractivity contribution in [3.63, 3.8) is 0 Å². The molecule has 0 radical (unpaired) electrons. The summed E-state index contributed by atoms with van der Waals surface area (Å²) < 4.78 is 0. The predicted molar refractivity (Wildman–Crippen MR) is 57.2 cm³/mol. The van der Waals surface area contributed by atoms with Crippen LogP contribution in [0.15, 0.2) is 33.9 Å². The largest absolute Gasteiger partial charge is 0.503 e. The van der Waals surface area contributed by atoms with Crippen molar-refractivity contribution in [2.75, 3.05) is 0 Å². The van der Waals surface area contributed by atoms with Gasteiger partial charge in [0, 0.05) is 11.5 Å². The topological polar surface area (TPSA) is 93.9 Å². The summed E-state index contributed by atoms with van der Waals surface area (Å²) in [6, 6.07) is 7.03. The second kappa shape index (κ2) is 3.51. The van der Waals surface area contributed by atoms with Crippen LogP contribution in [0.25, 0.3) is 10.9 Å². The highest BCUT2D eigenvalue weighted by atomic mass is 16.3. The number of H-pyrrole nitrogens is 1. The first-order valence-electron chi connectivity index (χ1n) is 4.42. The zero-order chi connectivity index (χ0) is 11.7. The van der Waals surface area contributed by atoms with Gasteiger partial charge in [-0.15, -0.1) is 0 Å². The van der Waals surface area contributed by atoms with Crippen LogP contribution in [0.2, 0.25) is 0 Å². The molecule has 1 aromatic heterocycles. The molecule has 0 unspecified atom stereocenters. The van der Waals surface area contributed by atoms with E-state index < -0.39 is 16.7 Å². The van der Waals surface area contributed by atoms with E-state index >= 15 is 0 Å². The molecule has 0 saturated heterocycles. The summed E-state index contributed by atoms with van der Waals surface area (Å²) in [7, 11) is 0. The number of aromatic nitrogens is 1. The molecule has 2 aromatic rings. The van der Waals surface area contributed by atoms with Gasteiger partial charge in [0.15, 0.2) is 11.2 Å². The van der Waals surface area contributed by atoms with E-state index in [4.69, 9.17) is 5.26 Å². The van der Waals surface area contributed by atoms with Crippen molar-refractivity contribution in [1.82, 2.24) is 4.98 Å². The van der Waals surface area contributed by atoms with E-state index in [1.807, 2.05) is 6.07 Å². The number of benzene rings is 1. The summed E-state index contributed by atoms with van der Waals surface area (Å²) >= 11 is 0. The monoisotopic (exact) mass is 214 g/mol. The number of rotatable bonds is 0. The van der Waals surface area contributed by atoms with Crippen molar-refractivity contribution < 1.29 is 5.11 Å². The number of aromatic amines is 1. The lowest BCUT2D eigenvalue weighted by atomic mass is 10.1. The first kappa shape index (κ1) is 9.93. The van der Waals surface area contributed by atoms with Gasteiger partial charge in [0.05, 0.1) is 17.1 Å². The third-order valence-electron chi connectivity index (χ3n) is 2.16. The Hall–Kier alpha value is -2.61. The van der Waals surface area contributed by atoms with Crippen molar-refractivity contribution in [2.45, 2.75) is 0 Å². The van der Waals surface area contributed by atoms with Crippen LogP contribution in [0.3, 0.4) is 0 Å². The Labute approximate surface area is 89.2 Å². The van der Waals surface area contributed by atoms with Gasteiger partial charge in [-0.05, 0) is 18.2 Å². The summed E-state index contributed by atoms with van der Waals surface area (Å²) in [6.07, 6.45) is 0. The molecule has 0 aliphatic heterocycles. The SMILES string of the molecule is N#Cc1ccc2[nH]c(=O)c(O)cc(=O)c2c1. The fraction of sp³-hybridized carbons (Fsp3) is 0. The number of fused-ring (bicyclic) bond motifs is 1. The van der Waals surface area contributed by atoms with Gasteiger partial charge in [-0.3, -0.25) is 9.59 Å². The third-order valence-corrected chi connectivity index (χ3v) is 2.16. The van der Waals surface area contributed by atoms with Gasteiger partial charge in [-0.25, -0.2) is 0 Å². The van der Waals surface area contributed by atoms with E-state index in [0.29, 0.717) is 5.56 Å². The highest BCUT2D eigenvalue weighted by molar-refractivity contribution is 5.79.